The molecule has 0 aliphatic carbocycles. The summed E-state index contributed by atoms with van der Waals surface area (Å²) in [6.45, 7) is 0. The van der Waals surface area contributed by atoms with Gasteiger partial charge in [-0.25, -0.2) is 0 Å². The van der Waals surface area contributed by atoms with Gasteiger partial charge in [-0.1, -0.05) is 0 Å². The largest absolute Gasteiger partial charge is 0.283 e. The van der Waals surface area contributed by atoms with E-state index in [1.807, 2.05) is 0 Å². The van der Waals surface area contributed by atoms with E-state index in [1.165, 1.54) is 24.3 Å². The minimum absolute atomic E-state index is 0.0555. The van der Waals surface area contributed by atoms with Crippen molar-refractivity contribution in [2.45, 2.75) is 0 Å². The van der Waals surface area contributed by atoms with Gasteiger partial charge >= 0.3 is 0 Å². The second-order valence-electron chi connectivity index (χ2n) is 2.31. The summed E-state index contributed by atoms with van der Waals surface area (Å²) in [4.78, 5) is 20.9. The van der Waals surface area contributed by atoms with E-state index in [0.29, 0.717) is 16.7 Å². The second kappa shape index (κ2) is 4.83. The first-order valence-corrected chi connectivity index (χ1v) is 5.12. The minimum Gasteiger partial charge on any atom is -0.283 e. The van der Waals surface area contributed by atoms with Gasteiger partial charge in [-0.05, 0) is 22.8 Å². The number of nitrogens with one attached hydrogen (secondary N) is 1. The van der Waals surface area contributed by atoms with Gasteiger partial charge in [0.25, 0.3) is 11.6 Å². The molecule has 0 fully saturated rings. The number of nitro groups is 1. The van der Waals surface area contributed by atoms with Crippen LogP contribution in [-0.4, -0.2) is 10.8 Å². The molecule has 0 aliphatic rings. The van der Waals surface area contributed by atoms with Crippen LogP contribution in [0.4, 0.5) is 5.69 Å². The number of nitrogens with zero attached hydrogens (tertiary/aromatic N) is 1. The van der Waals surface area contributed by atoms with Crippen molar-refractivity contribution >= 4 is 33.4 Å². The normalized spacial score (nSPS) is 9.50. The highest BCUT2D eigenvalue weighted by molar-refractivity contribution is 8.19. The average Bonchev–Trinajstić information content (AvgIpc) is 2.18. The van der Waals surface area contributed by atoms with Crippen molar-refractivity contribution in [2.24, 2.45) is 0 Å². The number of benzene rings is 1. The van der Waals surface area contributed by atoms with Gasteiger partial charge in [0.2, 0.25) is 0 Å². The number of amides is 1. The van der Waals surface area contributed by atoms with Crippen molar-refractivity contribution in [1.82, 2.24) is 4.72 Å². The van der Waals surface area contributed by atoms with Gasteiger partial charge in [0.05, 0.1) is 16.1 Å². The van der Waals surface area contributed by atoms with E-state index in [9.17, 15) is 14.9 Å². The Bertz CT molecular complexity index is 354. The average molecular weight is 233 g/mol. The summed E-state index contributed by atoms with van der Waals surface area (Å²) in [6.07, 6.45) is 0. The highest BCUT2D eigenvalue weighted by Crippen LogP contribution is 2.12. The molecule has 74 valence electrons. The zero-order chi connectivity index (χ0) is 10.6. The molecule has 1 aromatic rings. The number of nitro benzene ring substituents is 1. The Labute approximate surface area is 88.2 Å². The molecule has 7 heteroatoms. The van der Waals surface area contributed by atoms with Gasteiger partial charge < -0.3 is 0 Å². The van der Waals surface area contributed by atoms with E-state index in [0.717, 1.165) is 0 Å². The maximum atomic E-state index is 11.1. The summed E-state index contributed by atoms with van der Waals surface area (Å²) >= 11 is 0.654. The lowest BCUT2D eigenvalue weighted by Crippen LogP contribution is -2.13. The van der Waals surface area contributed by atoms with E-state index >= 15 is 0 Å². The van der Waals surface area contributed by atoms with Gasteiger partial charge in [-0.2, -0.15) is 0 Å². The standard InChI is InChI=1S/C7H5ClN2O3S/c8-14-9-7(11)5-1-3-6(4-2-5)10(12)13/h1-4H,(H,9,11). The molecule has 1 rings (SSSR count). The predicted octanol–water partition coefficient (Wildman–Crippen LogP) is 2.13. The van der Waals surface area contributed by atoms with Crippen molar-refractivity contribution in [3.05, 3.63) is 39.9 Å². The van der Waals surface area contributed by atoms with Gasteiger partial charge in [0.1, 0.15) is 0 Å². The maximum absolute atomic E-state index is 11.1. The third kappa shape index (κ3) is 2.61. The summed E-state index contributed by atoms with van der Waals surface area (Å²) in [7, 11) is 5.20. The molecule has 1 N–H and O–H groups in total. The van der Waals surface area contributed by atoms with Crippen LogP contribution in [0.15, 0.2) is 24.3 Å². The first-order valence-electron chi connectivity index (χ1n) is 3.47. The maximum Gasteiger partial charge on any atom is 0.269 e. The van der Waals surface area contributed by atoms with Crippen molar-refractivity contribution < 1.29 is 9.72 Å². The summed E-state index contributed by atoms with van der Waals surface area (Å²) in [5.41, 5.74) is 0.267. The molecule has 14 heavy (non-hydrogen) atoms. The number of hydrogen-bond donors (Lipinski definition) is 1. The monoisotopic (exact) mass is 232 g/mol. The molecule has 0 heterocycles. The first kappa shape index (κ1) is 10.8. The van der Waals surface area contributed by atoms with Crippen LogP contribution in [0.5, 0.6) is 0 Å². The quantitative estimate of drug-likeness (QED) is 0.492. The van der Waals surface area contributed by atoms with Gasteiger partial charge in [-0.3, -0.25) is 19.6 Å². The second-order valence-corrected chi connectivity index (χ2v) is 3.13. The van der Waals surface area contributed by atoms with Crippen LogP contribution >= 0.6 is 21.8 Å². The van der Waals surface area contributed by atoms with Crippen molar-refractivity contribution in [1.29, 1.82) is 0 Å². The molecular formula is C7H5ClN2O3S. The van der Waals surface area contributed by atoms with E-state index < -0.39 is 4.92 Å². The Morgan fingerprint density at radius 1 is 1.43 bits per heavy atom. The molecular weight excluding hydrogens is 228 g/mol. The number of non-ortho nitro benzene ring substituents is 1. The zero-order valence-electron chi connectivity index (χ0n) is 6.77. The SMILES string of the molecule is O=C(NSCl)c1ccc([N+](=O)[O-])cc1. The predicted molar refractivity (Wildman–Crippen MR) is 54.0 cm³/mol. The van der Waals surface area contributed by atoms with Crippen LogP contribution in [0.3, 0.4) is 0 Å². The van der Waals surface area contributed by atoms with E-state index in [-0.39, 0.29) is 11.6 Å². The summed E-state index contributed by atoms with van der Waals surface area (Å²) in [5.74, 6) is -0.389. The molecule has 5 nitrogen and oxygen atoms in total. The molecule has 0 aliphatic heterocycles. The third-order valence-electron chi connectivity index (χ3n) is 1.47. The van der Waals surface area contributed by atoms with Crippen LogP contribution < -0.4 is 4.72 Å². The van der Waals surface area contributed by atoms with Crippen LogP contribution in [0.25, 0.3) is 0 Å². The fraction of sp³-hybridized carbons (Fsp3) is 0. The van der Waals surface area contributed by atoms with Crippen molar-refractivity contribution in [2.75, 3.05) is 0 Å². The topological polar surface area (TPSA) is 72.2 Å². The van der Waals surface area contributed by atoms with Crippen LogP contribution in [0, 0.1) is 10.1 Å². The highest BCUT2D eigenvalue weighted by Gasteiger charge is 2.08. The number of rotatable bonds is 3. The molecule has 0 aromatic heterocycles. The Hall–Kier alpha value is -1.27. The Balaban J connectivity index is 2.83. The smallest absolute Gasteiger partial charge is 0.269 e. The fourth-order valence-corrected chi connectivity index (χ4v) is 1.23. The summed E-state index contributed by atoms with van der Waals surface area (Å²) < 4.78 is 2.28. The van der Waals surface area contributed by atoms with Crippen molar-refractivity contribution in [3.8, 4) is 0 Å². The van der Waals surface area contributed by atoms with Gasteiger partial charge in [0.15, 0.2) is 0 Å². The van der Waals surface area contributed by atoms with Gasteiger partial charge in [-0.15, -0.1) is 0 Å². The molecule has 0 saturated heterocycles. The molecule has 0 radical (unpaired) electrons. The van der Waals surface area contributed by atoms with E-state index in [1.54, 1.807) is 0 Å². The van der Waals surface area contributed by atoms with Crippen LogP contribution in [0.1, 0.15) is 10.4 Å². The molecule has 0 atom stereocenters. The van der Waals surface area contributed by atoms with Gasteiger partial charge in [0, 0.05) is 17.7 Å². The molecule has 0 spiro atoms. The molecule has 1 aromatic carbocycles. The number of carbonyl (C=O) groups is 1. The first-order chi connectivity index (χ1) is 6.65. The van der Waals surface area contributed by atoms with Crippen LogP contribution in [0.2, 0.25) is 0 Å². The minimum atomic E-state index is -0.530. The number of carbonyl (C=O) groups excluding carboxylic acids is 1. The molecule has 0 bridgehead atoms. The lowest BCUT2D eigenvalue weighted by molar-refractivity contribution is -0.384. The summed E-state index contributed by atoms with van der Waals surface area (Å²) in [5, 5.41) is 10.3. The third-order valence-corrected chi connectivity index (χ3v) is 1.97. The zero-order valence-corrected chi connectivity index (χ0v) is 8.34. The van der Waals surface area contributed by atoms with Crippen molar-refractivity contribution in [3.63, 3.8) is 0 Å². The lowest BCUT2D eigenvalue weighted by Gasteiger charge is -1.98. The van der Waals surface area contributed by atoms with E-state index in [4.69, 9.17) is 10.7 Å². The molecule has 0 unspecified atom stereocenters. The lowest BCUT2D eigenvalue weighted by atomic mass is 10.2. The fourth-order valence-electron chi connectivity index (χ4n) is 0.828. The summed E-state index contributed by atoms with van der Waals surface area (Å²) in [6, 6.07) is 5.24. The molecule has 1 amide bonds. The van der Waals surface area contributed by atoms with Crippen LogP contribution in [-0.2, 0) is 0 Å². The number of halogens is 1. The Kier molecular flexibility index (Phi) is 3.73. The molecule has 0 saturated carbocycles. The number of hydrogen-bond acceptors (Lipinski definition) is 4. The Morgan fingerprint density at radius 3 is 2.43 bits per heavy atom. The highest BCUT2D eigenvalue weighted by atomic mass is 35.7. The Morgan fingerprint density at radius 2 is 2.00 bits per heavy atom. The van der Waals surface area contributed by atoms with E-state index in [2.05, 4.69) is 4.72 Å².